The van der Waals surface area contributed by atoms with Gasteiger partial charge >= 0.3 is 0 Å². The number of aromatic nitrogens is 5. The van der Waals surface area contributed by atoms with Crippen LogP contribution in [0.4, 0.5) is 0 Å². The number of rotatable bonds is 6. The van der Waals surface area contributed by atoms with Crippen LogP contribution in [0.1, 0.15) is 49.6 Å². The zero-order valence-electron chi connectivity index (χ0n) is 16.6. The van der Waals surface area contributed by atoms with Crippen molar-refractivity contribution in [2.24, 2.45) is 0 Å². The summed E-state index contributed by atoms with van der Waals surface area (Å²) in [5.41, 5.74) is 3.46. The first kappa shape index (κ1) is 19.1. The Balaban J connectivity index is 1.47. The summed E-state index contributed by atoms with van der Waals surface area (Å²) in [5, 5.41) is 10.2. The molecule has 9 heteroatoms. The molecule has 152 valence electrons. The van der Waals surface area contributed by atoms with Gasteiger partial charge in [0.25, 0.3) is 11.9 Å². The SMILES string of the molecule is Cc1cc(-c2ccnc(-n3ncc(C(=O)NCc4nccs4)c3C3CC3)n2)c(C)s1. The summed E-state index contributed by atoms with van der Waals surface area (Å²) >= 11 is 3.28. The van der Waals surface area contributed by atoms with Gasteiger partial charge in [-0.3, -0.25) is 4.79 Å². The monoisotopic (exact) mass is 436 g/mol. The van der Waals surface area contributed by atoms with Gasteiger partial charge in [0.2, 0.25) is 0 Å². The van der Waals surface area contributed by atoms with E-state index in [2.05, 4.69) is 40.3 Å². The van der Waals surface area contributed by atoms with Gasteiger partial charge in [0.1, 0.15) is 5.01 Å². The van der Waals surface area contributed by atoms with E-state index in [9.17, 15) is 4.79 Å². The van der Waals surface area contributed by atoms with E-state index in [1.165, 1.54) is 21.1 Å². The molecule has 0 aromatic carbocycles. The molecule has 4 aromatic heterocycles. The largest absolute Gasteiger partial charge is 0.345 e. The molecular formula is C21H20N6OS2. The van der Waals surface area contributed by atoms with E-state index in [4.69, 9.17) is 4.98 Å². The first-order valence-corrected chi connectivity index (χ1v) is 11.4. The quantitative estimate of drug-likeness (QED) is 0.488. The van der Waals surface area contributed by atoms with Crippen LogP contribution in [0.25, 0.3) is 17.2 Å². The number of hydrogen-bond donors (Lipinski definition) is 1. The van der Waals surface area contributed by atoms with Crippen LogP contribution >= 0.6 is 22.7 Å². The molecule has 0 bridgehead atoms. The van der Waals surface area contributed by atoms with Crippen molar-refractivity contribution < 1.29 is 4.79 Å². The molecule has 1 saturated carbocycles. The lowest BCUT2D eigenvalue weighted by Gasteiger charge is -2.09. The van der Waals surface area contributed by atoms with Crippen molar-refractivity contribution in [1.29, 1.82) is 0 Å². The summed E-state index contributed by atoms with van der Waals surface area (Å²) in [4.78, 5) is 28.8. The van der Waals surface area contributed by atoms with Gasteiger partial charge in [-0.2, -0.15) is 5.10 Å². The number of hydrogen-bond acceptors (Lipinski definition) is 7. The van der Waals surface area contributed by atoms with Gasteiger partial charge in [-0.25, -0.2) is 19.6 Å². The van der Waals surface area contributed by atoms with E-state index < -0.39 is 0 Å². The van der Waals surface area contributed by atoms with E-state index in [1.807, 2.05) is 11.4 Å². The zero-order chi connectivity index (χ0) is 20.7. The predicted molar refractivity (Wildman–Crippen MR) is 117 cm³/mol. The van der Waals surface area contributed by atoms with Crippen molar-refractivity contribution >= 4 is 28.6 Å². The second-order valence-electron chi connectivity index (χ2n) is 7.31. The topological polar surface area (TPSA) is 85.6 Å². The van der Waals surface area contributed by atoms with Crippen molar-refractivity contribution in [3.8, 4) is 17.2 Å². The van der Waals surface area contributed by atoms with Crippen LogP contribution in [0.3, 0.4) is 0 Å². The van der Waals surface area contributed by atoms with Crippen LogP contribution in [0, 0.1) is 13.8 Å². The maximum absolute atomic E-state index is 12.8. The Morgan fingerprint density at radius 3 is 2.83 bits per heavy atom. The van der Waals surface area contributed by atoms with Gasteiger partial charge in [0.15, 0.2) is 0 Å². The van der Waals surface area contributed by atoms with Gasteiger partial charge in [-0.15, -0.1) is 22.7 Å². The first-order chi connectivity index (χ1) is 14.6. The molecule has 4 aromatic rings. The molecule has 1 N–H and O–H groups in total. The van der Waals surface area contributed by atoms with E-state index in [1.54, 1.807) is 34.6 Å². The molecule has 4 heterocycles. The molecule has 0 aliphatic heterocycles. The number of thiazole rings is 1. The molecule has 1 amide bonds. The molecule has 0 saturated heterocycles. The average molecular weight is 437 g/mol. The fraction of sp³-hybridized carbons (Fsp3) is 0.286. The van der Waals surface area contributed by atoms with Crippen molar-refractivity contribution in [3.63, 3.8) is 0 Å². The Morgan fingerprint density at radius 1 is 1.27 bits per heavy atom. The lowest BCUT2D eigenvalue weighted by Crippen LogP contribution is -2.23. The smallest absolute Gasteiger partial charge is 0.255 e. The zero-order valence-corrected chi connectivity index (χ0v) is 18.3. The lowest BCUT2D eigenvalue weighted by molar-refractivity contribution is 0.0950. The fourth-order valence-corrected chi connectivity index (χ4v) is 5.01. The van der Waals surface area contributed by atoms with Crippen molar-refractivity contribution in [2.45, 2.75) is 39.2 Å². The lowest BCUT2D eigenvalue weighted by atomic mass is 10.1. The van der Waals surface area contributed by atoms with Crippen molar-refractivity contribution in [2.75, 3.05) is 0 Å². The number of carbonyl (C=O) groups is 1. The number of aryl methyl sites for hydroxylation is 2. The highest BCUT2D eigenvalue weighted by atomic mass is 32.1. The minimum atomic E-state index is -0.140. The minimum Gasteiger partial charge on any atom is -0.345 e. The number of nitrogens with zero attached hydrogens (tertiary/aromatic N) is 5. The molecule has 1 aliphatic rings. The Labute approximate surface area is 181 Å². The Bertz CT molecular complexity index is 1210. The van der Waals surface area contributed by atoms with Gasteiger partial charge in [-0.1, -0.05) is 0 Å². The van der Waals surface area contributed by atoms with Crippen LogP contribution < -0.4 is 5.32 Å². The Kier molecular flexibility index (Phi) is 4.92. The molecule has 0 atom stereocenters. The maximum Gasteiger partial charge on any atom is 0.255 e. The van der Waals surface area contributed by atoms with Crippen molar-refractivity contribution in [3.05, 3.63) is 62.1 Å². The van der Waals surface area contributed by atoms with Crippen LogP contribution in [-0.4, -0.2) is 30.6 Å². The highest BCUT2D eigenvalue weighted by Crippen LogP contribution is 2.42. The molecule has 1 fully saturated rings. The number of thiophene rings is 1. The highest BCUT2D eigenvalue weighted by molar-refractivity contribution is 7.12. The maximum atomic E-state index is 12.8. The van der Waals surface area contributed by atoms with Crippen LogP contribution in [0.2, 0.25) is 0 Å². The van der Waals surface area contributed by atoms with E-state index in [0.717, 1.165) is 34.8 Å². The van der Waals surface area contributed by atoms with E-state index in [-0.39, 0.29) is 5.91 Å². The molecule has 7 nitrogen and oxygen atoms in total. The Hall–Kier alpha value is -2.91. The second-order valence-corrected chi connectivity index (χ2v) is 9.75. The molecule has 0 radical (unpaired) electrons. The molecule has 5 rings (SSSR count). The van der Waals surface area contributed by atoms with Crippen LogP contribution in [0.5, 0.6) is 0 Å². The van der Waals surface area contributed by atoms with Gasteiger partial charge < -0.3 is 5.32 Å². The molecule has 30 heavy (non-hydrogen) atoms. The molecular weight excluding hydrogens is 416 g/mol. The number of nitrogens with one attached hydrogen (secondary N) is 1. The van der Waals surface area contributed by atoms with Gasteiger partial charge in [-0.05, 0) is 38.8 Å². The fourth-order valence-electron chi connectivity index (χ4n) is 3.52. The third-order valence-electron chi connectivity index (χ3n) is 5.05. The summed E-state index contributed by atoms with van der Waals surface area (Å²) in [7, 11) is 0. The normalized spacial score (nSPS) is 13.5. The summed E-state index contributed by atoms with van der Waals surface area (Å²) in [6, 6.07) is 4.06. The van der Waals surface area contributed by atoms with Gasteiger partial charge in [0.05, 0.1) is 29.7 Å². The third-order valence-corrected chi connectivity index (χ3v) is 6.79. The molecule has 0 unspecified atom stereocenters. The van der Waals surface area contributed by atoms with E-state index in [0.29, 0.717) is 24.0 Å². The molecule has 0 spiro atoms. The first-order valence-electron chi connectivity index (χ1n) is 9.75. The number of carbonyl (C=O) groups excluding carboxylic acids is 1. The highest BCUT2D eigenvalue weighted by Gasteiger charge is 2.33. The summed E-state index contributed by atoms with van der Waals surface area (Å²) in [6.07, 6.45) is 7.20. The van der Waals surface area contributed by atoms with Crippen molar-refractivity contribution in [1.82, 2.24) is 30.0 Å². The summed E-state index contributed by atoms with van der Waals surface area (Å²) in [5.74, 6) is 0.668. The minimum absolute atomic E-state index is 0.140. The summed E-state index contributed by atoms with van der Waals surface area (Å²) in [6.45, 7) is 4.61. The van der Waals surface area contributed by atoms with Crippen LogP contribution in [0.15, 0.2) is 36.1 Å². The standard InChI is InChI=1S/C21H20N6OS2/c1-12-9-15(13(2)30-12)17-5-6-23-21(26-17)27-19(14-3-4-14)16(10-25-27)20(28)24-11-18-22-7-8-29-18/h5-10,14H,3-4,11H2,1-2H3,(H,24,28). The van der Waals surface area contributed by atoms with Gasteiger partial charge in [0, 0.05) is 39.0 Å². The second kappa shape index (κ2) is 7.73. The number of amides is 1. The third kappa shape index (κ3) is 3.66. The summed E-state index contributed by atoms with van der Waals surface area (Å²) < 4.78 is 1.73. The molecule has 1 aliphatic carbocycles. The predicted octanol–water partition coefficient (Wildman–Crippen LogP) is 4.27. The van der Waals surface area contributed by atoms with E-state index >= 15 is 0 Å². The Morgan fingerprint density at radius 2 is 2.13 bits per heavy atom. The van der Waals surface area contributed by atoms with Crippen LogP contribution in [-0.2, 0) is 6.54 Å². The average Bonchev–Trinajstić information content (AvgIpc) is 3.14.